The molecule has 1 aromatic rings. The van der Waals surface area contributed by atoms with Crippen LogP contribution < -0.4 is 15.0 Å². The molecule has 2 unspecified atom stereocenters. The van der Waals surface area contributed by atoms with Gasteiger partial charge in [0.15, 0.2) is 0 Å². The number of nitrogens with zero attached hydrogens (tertiary/aromatic N) is 1. The van der Waals surface area contributed by atoms with Crippen LogP contribution in [0, 0.1) is 5.92 Å². The second-order valence-corrected chi connectivity index (χ2v) is 5.04. The highest BCUT2D eigenvalue weighted by Crippen LogP contribution is 2.32. The summed E-state index contributed by atoms with van der Waals surface area (Å²) >= 11 is 0. The summed E-state index contributed by atoms with van der Waals surface area (Å²) in [6.07, 6.45) is 0.877. The van der Waals surface area contributed by atoms with Gasteiger partial charge in [-0.2, -0.15) is 0 Å². The van der Waals surface area contributed by atoms with Gasteiger partial charge < -0.3 is 20.1 Å². The molecule has 0 aromatic heterocycles. The molecular weight excluding hydrogens is 256 g/mol. The van der Waals surface area contributed by atoms with Gasteiger partial charge in [0.25, 0.3) is 0 Å². The SMILES string of the molecule is CCNC(C(=O)O)C1CCN(c2ccccc2OC)C1. The van der Waals surface area contributed by atoms with Crippen molar-refractivity contribution >= 4 is 11.7 Å². The van der Waals surface area contributed by atoms with Crippen molar-refractivity contribution in [3.63, 3.8) is 0 Å². The first-order valence-electron chi connectivity index (χ1n) is 7.01. The summed E-state index contributed by atoms with van der Waals surface area (Å²) in [6.45, 7) is 4.20. The molecule has 5 heteroatoms. The second-order valence-electron chi connectivity index (χ2n) is 5.04. The van der Waals surface area contributed by atoms with Crippen LogP contribution in [-0.2, 0) is 4.79 Å². The van der Waals surface area contributed by atoms with Crippen molar-refractivity contribution in [3.8, 4) is 5.75 Å². The zero-order valence-electron chi connectivity index (χ0n) is 12.0. The van der Waals surface area contributed by atoms with Crippen molar-refractivity contribution in [2.24, 2.45) is 5.92 Å². The molecule has 1 saturated heterocycles. The summed E-state index contributed by atoms with van der Waals surface area (Å²) in [7, 11) is 1.66. The number of carboxylic acids is 1. The third-order valence-corrected chi connectivity index (χ3v) is 3.81. The Morgan fingerprint density at radius 2 is 2.30 bits per heavy atom. The zero-order valence-corrected chi connectivity index (χ0v) is 12.0. The number of carboxylic acid groups (broad SMARTS) is 1. The van der Waals surface area contributed by atoms with E-state index < -0.39 is 12.0 Å². The van der Waals surface area contributed by atoms with E-state index in [4.69, 9.17) is 4.74 Å². The minimum absolute atomic E-state index is 0.123. The normalized spacial score (nSPS) is 19.9. The van der Waals surface area contributed by atoms with Crippen LogP contribution in [0.1, 0.15) is 13.3 Å². The number of ether oxygens (including phenoxy) is 1. The molecule has 1 aromatic carbocycles. The highest BCUT2D eigenvalue weighted by molar-refractivity contribution is 5.74. The molecule has 2 rings (SSSR count). The number of methoxy groups -OCH3 is 1. The van der Waals surface area contributed by atoms with E-state index in [1.165, 1.54) is 0 Å². The van der Waals surface area contributed by atoms with E-state index in [1.807, 2.05) is 31.2 Å². The Morgan fingerprint density at radius 3 is 2.95 bits per heavy atom. The summed E-state index contributed by atoms with van der Waals surface area (Å²) in [6, 6.07) is 7.39. The van der Waals surface area contributed by atoms with Crippen LogP contribution in [0.15, 0.2) is 24.3 Å². The predicted octanol–water partition coefficient (Wildman–Crippen LogP) is 1.58. The molecule has 2 N–H and O–H groups in total. The van der Waals surface area contributed by atoms with Gasteiger partial charge in [0, 0.05) is 19.0 Å². The first-order valence-corrected chi connectivity index (χ1v) is 7.01. The fourth-order valence-corrected chi connectivity index (χ4v) is 2.84. The highest BCUT2D eigenvalue weighted by atomic mass is 16.5. The summed E-state index contributed by atoms with van der Waals surface area (Å²) in [4.78, 5) is 13.5. The Kier molecular flexibility index (Phi) is 4.84. The Hall–Kier alpha value is -1.75. The number of anilines is 1. The number of carbonyl (C=O) groups is 1. The maximum absolute atomic E-state index is 11.3. The van der Waals surface area contributed by atoms with Crippen LogP contribution in [0.25, 0.3) is 0 Å². The molecule has 1 fully saturated rings. The van der Waals surface area contributed by atoms with E-state index in [2.05, 4.69) is 10.2 Å². The topological polar surface area (TPSA) is 61.8 Å². The van der Waals surface area contributed by atoms with Crippen LogP contribution in [0.3, 0.4) is 0 Å². The van der Waals surface area contributed by atoms with Crippen LogP contribution in [-0.4, -0.2) is 43.9 Å². The summed E-state index contributed by atoms with van der Waals surface area (Å²) in [5.74, 6) is 0.194. The molecule has 0 aliphatic carbocycles. The monoisotopic (exact) mass is 278 g/mol. The van der Waals surface area contributed by atoms with Gasteiger partial charge in [0.05, 0.1) is 12.8 Å². The molecule has 0 spiro atoms. The average molecular weight is 278 g/mol. The largest absolute Gasteiger partial charge is 0.495 e. The van der Waals surface area contributed by atoms with E-state index >= 15 is 0 Å². The Labute approximate surface area is 119 Å². The summed E-state index contributed by atoms with van der Waals surface area (Å²) in [5.41, 5.74) is 1.04. The molecule has 1 aliphatic heterocycles. The van der Waals surface area contributed by atoms with Crippen molar-refractivity contribution in [2.45, 2.75) is 19.4 Å². The van der Waals surface area contributed by atoms with E-state index in [0.717, 1.165) is 30.9 Å². The average Bonchev–Trinajstić information content (AvgIpc) is 2.93. The predicted molar refractivity (Wildman–Crippen MR) is 78.4 cm³/mol. The first-order chi connectivity index (χ1) is 9.67. The molecule has 20 heavy (non-hydrogen) atoms. The Balaban J connectivity index is 2.10. The van der Waals surface area contributed by atoms with Crippen LogP contribution >= 0.6 is 0 Å². The van der Waals surface area contributed by atoms with E-state index in [1.54, 1.807) is 7.11 Å². The van der Waals surface area contributed by atoms with Crippen molar-refractivity contribution < 1.29 is 14.6 Å². The van der Waals surface area contributed by atoms with Gasteiger partial charge in [-0.1, -0.05) is 19.1 Å². The zero-order chi connectivity index (χ0) is 14.5. The van der Waals surface area contributed by atoms with Gasteiger partial charge in [0.2, 0.25) is 0 Å². The lowest BCUT2D eigenvalue weighted by molar-refractivity contribution is -0.140. The Morgan fingerprint density at radius 1 is 1.55 bits per heavy atom. The summed E-state index contributed by atoms with van der Waals surface area (Å²) in [5, 5.41) is 12.4. The molecule has 0 radical (unpaired) electrons. The van der Waals surface area contributed by atoms with Crippen molar-refractivity contribution in [1.29, 1.82) is 0 Å². The number of hydrogen-bond acceptors (Lipinski definition) is 4. The minimum Gasteiger partial charge on any atom is -0.495 e. The lowest BCUT2D eigenvalue weighted by Gasteiger charge is -2.23. The maximum Gasteiger partial charge on any atom is 0.321 e. The smallest absolute Gasteiger partial charge is 0.321 e. The van der Waals surface area contributed by atoms with Gasteiger partial charge in [-0.25, -0.2) is 0 Å². The molecular formula is C15H22N2O3. The molecule has 5 nitrogen and oxygen atoms in total. The number of aliphatic carboxylic acids is 1. The third-order valence-electron chi connectivity index (χ3n) is 3.81. The van der Waals surface area contributed by atoms with E-state index in [0.29, 0.717) is 6.54 Å². The third kappa shape index (κ3) is 3.04. The number of benzene rings is 1. The molecule has 0 amide bonds. The molecule has 110 valence electrons. The number of para-hydroxylation sites is 2. The minimum atomic E-state index is -0.765. The van der Waals surface area contributed by atoms with E-state index in [9.17, 15) is 9.90 Å². The molecule has 1 aliphatic rings. The lowest BCUT2D eigenvalue weighted by Crippen LogP contribution is -2.43. The quantitative estimate of drug-likeness (QED) is 0.827. The van der Waals surface area contributed by atoms with Crippen molar-refractivity contribution in [2.75, 3.05) is 31.6 Å². The first kappa shape index (κ1) is 14.7. The van der Waals surface area contributed by atoms with Gasteiger partial charge in [-0.05, 0) is 25.1 Å². The highest BCUT2D eigenvalue weighted by Gasteiger charge is 2.34. The molecule has 1 heterocycles. The van der Waals surface area contributed by atoms with Crippen molar-refractivity contribution in [3.05, 3.63) is 24.3 Å². The number of nitrogens with one attached hydrogen (secondary N) is 1. The second kappa shape index (κ2) is 6.61. The Bertz CT molecular complexity index is 464. The summed E-state index contributed by atoms with van der Waals surface area (Å²) < 4.78 is 5.37. The molecule has 0 bridgehead atoms. The van der Waals surface area contributed by atoms with Crippen LogP contribution in [0.4, 0.5) is 5.69 Å². The van der Waals surface area contributed by atoms with Crippen LogP contribution in [0.5, 0.6) is 5.75 Å². The van der Waals surface area contributed by atoms with Gasteiger partial charge in [0.1, 0.15) is 11.8 Å². The van der Waals surface area contributed by atoms with Crippen molar-refractivity contribution in [1.82, 2.24) is 5.32 Å². The fourth-order valence-electron chi connectivity index (χ4n) is 2.84. The molecule has 2 atom stereocenters. The van der Waals surface area contributed by atoms with Gasteiger partial charge in [-0.15, -0.1) is 0 Å². The number of hydrogen-bond donors (Lipinski definition) is 2. The number of likely N-dealkylation sites (N-methyl/N-ethyl adjacent to an activating group) is 1. The maximum atomic E-state index is 11.3. The van der Waals surface area contributed by atoms with Crippen LogP contribution in [0.2, 0.25) is 0 Å². The molecule has 0 saturated carbocycles. The fraction of sp³-hybridized carbons (Fsp3) is 0.533. The number of rotatable bonds is 6. The van der Waals surface area contributed by atoms with E-state index in [-0.39, 0.29) is 5.92 Å². The lowest BCUT2D eigenvalue weighted by atomic mass is 9.99. The van der Waals surface area contributed by atoms with Gasteiger partial charge in [-0.3, -0.25) is 4.79 Å². The van der Waals surface area contributed by atoms with Gasteiger partial charge >= 0.3 is 5.97 Å². The standard InChI is InChI=1S/C15H22N2O3/c1-3-16-14(15(18)19)11-8-9-17(10-11)12-6-4-5-7-13(12)20-2/h4-7,11,14,16H,3,8-10H2,1-2H3,(H,18,19).